The van der Waals surface area contributed by atoms with Crippen molar-refractivity contribution in [1.29, 1.82) is 0 Å². The van der Waals surface area contributed by atoms with Gasteiger partial charge in [-0.15, -0.1) is 0 Å². The number of amides is 1. The summed E-state index contributed by atoms with van der Waals surface area (Å²) >= 11 is 11.8. The van der Waals surface area contributed by atoms with Crippen molar-refractivity contribution >= 4 is 29.1 Å². The summed E-state index contributed by atoms with van der Waals surface area (Å²) in [5.74, 6) is -0.386. The van der Waals surface area contributed by atoms with Crippen molar-refractivity contribution in [3.8, 4) is 5.75 Å². The van der Waals surface area contributed by atoms with Crippen molar-refractivity contribution < 1.29 is 13.9 Å². The number of ether oxygens (including phenoxy) is 1. The van der Waals surface area contributed by atoms with Crippen LogP contribution in [0.4, 0.5) is 0 Å². The van der Waals surface area contributed by atoms with Gasteiger partial charge in [0.1, 0.15) is 12.9 Å². The molecule has 1 fully saturated rings. The number of carbonyl (C=O) groups is 1. The minimum Gasteiger partial charge on any atom is -0.482 e. The van der Waals surface area contributed by atoms with E-state index in [1.54, 1.807) is 18.2 Å². The van der Waals surface area contributed by atoms with Crippen LogP contribution in [0.2, 0.25) is 10.0 Å². The van der Waals surface area contributed by atoms with E-state index in [0.29, 0.717) is 10.0 Å². The predicted octanol–water partition coefficient (Wildman–Crippen LogP) is 3.42. The number of benzene rings is 1. The molecule has 1 aliphatic rings. The Hall–Kier alpha value is -1.98. The Balaban J connectivity index is 1.66. The van der Waals surface area contributed by atoms with E-state index in [-0.39, 0.29) is 30.1 Å². The van der Waals surface area contributed by atoms with E-state index in [9.17, 15) is 9.59 Å². The average Bonchev–Trinajstić information content (AvgIpc) is 3.33. The molecule has 1 saturated carbocycles. The predicted molar refractivity (Wildman–Crippen MR) is 86.3 cm³/mol. The van der Waals surface area contributed by atoms with Crippen LogP contribution >= 0.6 is 23.2 Å². The fraction of sp³-hybridized carbons (Fsp3) is 0.250. The molecule has 0 spiro atoms. The molecule has 0 saturated heterocycles. The summed E-state index contributed by atoms with van der Waals surface area (Å²) in [5.41, 5.74) is 0.339. The highest BCUT2D eigenvalue weighted by Crippen LogP contribution is 2.23. The van der Waals surface area contributed by atoms with Crippen LogP contribution in [-0.4, -0.2) is 11.9 Å². The SMILES string of the molecule is O=C(NC1CC1)c1cc(=O)c(OCc2ccc(Cl)c(Cl)c2)co1. The first-order chi connectivity index (χ1) is 11.0. The number of nitrogens with one attached hydrogen (secondary N) is 1. The summed E-state index contributed by atoms with van der Waals surface area (Å²) in [5, 5.41) is 3.60. The van der Waals surface area contributed by atoms with Gasteiger partial charge in [-0.1, -0.05) is 29.3 Å². The highest BCUT2D eigenvalue weighted by Gasteiger charge is 2.25. The summed E-state index contributed by atoms with van der Waals surface area (Å²) in [6, 6.07) is 6.37. The molecule has 3 rings (SSSR count). The quantitative estimate of drug-likeness (QED) is 0.893. The zero-order valence-electron chi connectivity index (χ0n) is 12.0. The lowest BCUT2D eigenvalue weighted by Gasteiger charge is -2.07. The molecule has 0 unspecified atom stereocenters. The van der Waals surface area contributed by atoms with Crippen molar-refractivity contribution in [3.63, 3.8) is 0 Å². The third-order valence-electron chi connectivity index (χ3n) is 3.31. The summed E-state index contributed by atoms with van der Waals surface area (Å²) < 4.78 is 10.6. The molecule has 7 heteroatoms. The lowest BCUT2D eigenvalue weighted by Crippen LogP contribution is -2.26. The largest absolute Gasteiger partial charge is 0.482 e. The van der Waals surface area contributed by atoms with E-state index in [1.807, 2.05) is 0 Å². The zero-order chi connectivity index (χ0) is 16.4. The third-order valence-corrected chi connectivity index (χ3v) is 4.05. The van der Waals surface area contributed by atoms with Gasteiger partial charge in [-0.25, -0.2) is 0 Å². The standard InChI is InChI=1S/C16H13Cl2NO4/c17-11-4-1-9(5-12(11)18)7-22-15-8-23-14(6-13(15)20)16(21)19-10-2-3-10/h1,4-6,8,10H,2-3,7H2,(H,19,21). The van der Waals surface area contributed by atoms with Gasteiger partial charge in [0, 0.05) is 12.1 Å². The van der Waals surface area contributed by atoms with E-state index in [0.717, 1.165) is 30.7 Å². The van der Waals surface area contributed by atoms with Gasteiger partial charge < -0.3 is 14.5 Å². The summed E-state index contributed by atoms with van der Waals surface area (Å²) in [4.78, 5) is 23.8. The number of carbonyl (C=O) groups excluding carboxylic acids is 1. The van der Waals surface area contributed by atoms with Crippen molar-refractivity contribution in [1.82, 2.24) is 5.32 Å². The molecule has 5 nitrogen and oxygen atoms in total. The highest BCUT2D eigenvalue weighted by molar-refractivity contribution is 6.42. The molecule has 120 valence electrons. The summed E-state index contributed by atoms with van der Waals surface area (Å²) in [6.07, 6.45) is 3.06. The third kappa shape index (κ3) is 4.06. The Bertz CT molecular complexity index is 799. The van der Waals surface area contributed by atoms with Gasteiger partial charge in [0.15, 0.2) is 5.76 Å². The second kappa shape index (κ2) is 6.64. The highest BCUT2D eigenvalue weighted by atomic mass is 35.5. The molecule has 0 bridgehead atoms. The smallest absolute Gasteiger partial charge is 0.287 e. The van der Waals surface area contributed by atoms with E-state index < -0.39 is 5.43 Å². The Morgan fingerprint density at radius 1 is 1.26 bits per heavy atom. The Labute approximate surface area is 142 Å². The first-order valence-corrected chi connectivity index (χ1v) is 7.79. The zero-order valence-corrected chi connectivity index (χ0v) is 13.5. The second-order valence-corrected chi connectivity index (χ2v) is 6.07. The molecule has 0 radical (unpaired) electrons. The second-order valence-electron chi connectivity index (χ2n) is 5.26. The van der Waals surface area contributed by atoms with Crippen LogP contribution < -0.4 is 15.5 Å². The monoisotopic (exact) mass is 353 g/mol. The van der Waals surface area contributed by atoms with Gasteiger partial charge in [-0.3, -0.25) is 9.59 Å². The number of halogens is 2. The van der Waals surface area contributed by atoms with E-state index in [2.05, 4.69) is 5.32 Å². The Morgan fingerprint density at radius 2 is 2.04 bits per heavy atom. The van der Waals surface area contributed by atoms with Crippen LogP contribution in [0.3, 0.4) is 0 Å². The summed E-state index contributed by atoms with van der Waals surface area (Å²) in [7, 11) is 0. The molecule has 1 aromatic carbocycles. The van der Waals surface area contributed by atoms with Crippen molar-refractivity contribution in [3.05, 3.63) is 62.1 Å². The molecule has 0 atom stereocenters. The van der Waals surface area contributed by atoms with Gasteiger partial charge in [-0.2, -0.15) is 0 Å². The van der Waals surface area contributed by atoms with Crippen molar-refractivity contribution in [2.45, 2.75) is 25.5 Å². The normalized spacial score (nSPS) is 13.7. The Morgan fingerprint density at radius 3 is 2.70 bits per heavy atom. The van der Waals surface area contributed by atoms with Gasteiger partial charge in [0.05, 0.1) is 10.0 Å². The lowest BCUT2D eigenvalue weighted by molar-refractivity contribution is 0.0920. The van der Waals surface area contributed by atoms with Gasteiger partial charge in [0.25, 0.3) is 5.91 Å². The van der Waals surface area contributed by atoms with Crippen LogP contribution in [0, 0.1) is 0 Å². The van der Waals surface area contributed by atoms with Gasteiger partial charge in [-0.05, 0) is 30.5 Å². The Kier molecular flexibility index (Phi) is 4.59. The molecule has 2 aromatic rings. The first-order valence-electron chi connectivity index (χ1n) is 7.03. The van der Waals surface area contributed by atoms with Crippen LogP contribution in [0.25, 0.3) is 0 Å². The molecule has 0 aliphatic heterocycles. The lowest BCUT2D eigenvalue weighted by atomic mass is 10.2. The average molecular weight is 354 g/mol. The molecule has 1 amide bonds. The van der Waals surface area contributed by atoms with Gasteiger partial charge >= 0.3 is 0 Å². The topological polar surface area (TPSA) is 68.5 Å². The fourth-order valence-corrected chi connectivity index (χ4v) is 2.22. The van der Waals surface area contributed by atoms with E-state index in [4.69, 9.17) is 32.4 Å². The van der Waals surface area contributed by atoms with Crippen LogP contribution in [0.5, 0.6) is 5.75 Å². The van der Waals surface area contributed by atoms with Crippen LogP contribution in [-0.2, 0) is 6.61 Å². The molecule has 1 aliphatic carbocycles. The van der Waals surface area contributed by atoms with E-state index in [1.165, 1.54) is 0 Å². The number of hydrogen-bond acceptors (Lipinski definition) is 4. The number of hydrogen-bond donors (Lipinski definition) is 1. The van der Waals surface area contributed by atoms with E-state index >= 15 is 0 Å². The van der Waals surface area contributed by atoms with Gasteiger partial charge in [0.2, 0.25) is 11.2 Å². The minimum atomic E-state index is -0.419. The summed E-state index contributed by atoms with van der Waals surface area (Å²) in [6.45, 7) is 0.134. The number of rotatable bonds is 5. The maximum absolute atomic E-state index is 12.0. The fourth-order valence-electron chi connectivity index (χ4n) is 1.90. The minimum absolute atomic E-state index is 0.0243. The van der Waals surface area contributed by atoms with Crippen LogP contribution in [0.15, 0.2) is 39.7 Å². The first kappa shape index (κ1) is 15.9. The maximum atomic E-state index is 12.0. The molecule has 1 heterocycles. The molecule has 23 heavy (non-hydrogen) atoms. The van der Waals surface area contributed by atoms with Crippen molar-refractivity contribution in [2.75, 3.05) is 0 Å². The maximum Gasteiger partial charge on any atom is 0.287 e. The van der Waals surface area contributed by atoms with Crippen LogP contribution in [0.1, 0.15) is 29.0 Å². The molecular weight excluding hydrogens is 341 g/mol. The molecule has 1 aromatic heterocycles. The molecule has 1 N–H and O–H groups in total. The molecular formula is C16H13Cl2NO4. The van der Waals surface area contributed by atoms with Crippen molar-refractivity contribution in [2.24, 2.45) is 0 Å².